The number of rotatable bonds is 5. The van der Waals surface area contributed by atoms with Crippen molar-refractivity contribution in [1.29, 1.82) is 0 Å². The van der Waals surface area contributed by atoms with Crippen LogP contribution in [-0.4, -0.2) is 78.2 Å². The highest BCUT2D eigenvalue weighted by Gasteiger charge is 2.38. The molecule has 0 bridgehead atoms. The number of amides is 3. The van der Waals surface area contributed by atoms with Crippen molar-refractivity contribution in [2.24, 2.45) is 5.92 Å². The Morgan fingerprint density at radius 2 is 2.00 bits per heavy atom. The van der Waals surface area contributed by atoms with E-state index in [0.29, 0.717) is 12.5 Å². The van der Waals surface area contributed by atoms with E-state index < -0.39 is 0 Å². The zero-order valence-corrected chi connectivity index (χ0v) is 17.4. The van der Waals surface area contributed by atoms with Crippen molar-refractivity contribution in [2.75, 3.05) is 50.8 Å². The summed E-state index contributed by atoms with van der Waals surface area (Å²) in [6, 6.07) is 7.89. The number of carbonyl (C=O) groups is 2. The van der Waals surface area contributed by atoms with Gasteiger partial charge in [-0.05, 0) is 56.1 Å². The second kappa shape index (κ2) is 8.74. The maximum atomic E-state index is 12.8. The van der Waals surface area contributed by atoms with Gasteiger partial charge in [-0.25, -0.2) is 4.79 Å². The van der Waals surface area contributed by atoms with Crippen LogP contribution in [-0.2, 0) is 4.79 Å². The maximum Gasteiger partial charge on any atom is 0.321 e. The fourth-order valence-electron chi connectivity index (χ4n) is 4.21. The van der Waals surface area contributed by atoms with E-state index in [1.54, 1.807) is 11.8 Å². The van der Waals surface area contributed by atoms with Gasteiger partial charge in [-0.2, -0.15) is 0 Å². The van der Waals surface area contributed by atoms with E-state index in [4.69, 9.17) is 0 Å². The van der Waals surface area contributed by atoms with Crippen molar-refractivity contribution >= 4 is 29.4 Å². The van der Waals surface area contributed by atoms with Crippen LogP contribution in [0.2, 0.25) is 0 Å². The molecule has 1 aromatic carbocycles. The summed E-state index contributed by atoms with van der Waals surface area (Å²) >= 11 is 1.66. The van der Waals surface area contributed by atoms with Gasteiger partial charge in [-0.15, -0.1) is 11.8 Å². The van der Waals surface area contributed by atoms with Crippen LogP contribution >= 0.6 is 11.8 Å². The van der Waals surface area contributed by atoms with Gasteiger partial charge >= 0.3 is 6.03 Å². The lowest BCUT2D eigenvalue weighted by atomic mass is 10.2. The SMILES string of the molecule is CSc1cccc(NC(=O)N2CCCN(C3CCN(CC4CC4)C3=O)CC2)c1. The Hall–Kier alpha value is -1.73. The van der Waals surface area contributed by atoms with Gasteiger partial charge in [-0.3, -0.25) is 9.69 Å². The number of carbonyl (C=O) groups excluding carboxylic acids is 2. The van der Waals surface area contributed by atoms with E-state index >= 15 is 0 Å². The molecule has 0 spiro atoms. The summed E-state index contributed by atoms with van der Waals surface area (Å²) in [5.41, 5.74) is 0.833. The van der Waals surface area contributed by atoms with Crippen LogP contribution in [0.3, 0.4) is 0 Å². The van der Waals surface area contributed by atoms with E-state index in [1.165, 1.54) is 12.8 Å². The summed E-state index contributed by atoms with van der Waals surface area (Å²) in [7, 11) is 0. The third-order valence-electron chi connectivity index (χ3n) is 6.02. The number of hydrogen-bond donors (Lipinski definition) is 1. The molecule has 1 atom stereocenters. The van der Waals surface area contributed by atoms with Crippen LogP contribution in [0.15, 0.2) is 29.2 Å². The zero-order valence-electron chi connectivity index (χ0n) is 16.6. The number of urea groups is 1. The molecule has 3 amide bonds. The molecule has 7 heteroatoms. The molecule has 1 aliphatic carbocycles. The summed E-state index contributed by atoms with van der Waals surface area (Å²) in [4.78, 5) is 32.9. The second-order valence-electron chi connectivity index (χ2n) is 8.07. The molecule has 2 heterocycles. The average molecular weight is 403 g/mol. The van der Waals surface area contributed by atoms with Crippen molar-refractivity contribution in [3.05, 3.63) is 24.3 Å². The van der Waals surface area contributed by atoms with Crippen molar-refractivity contribution in [2.45, 2.75) is 36.6 Å². The highest BCUT2D eigenvalue weighted by atomic mass is 32.2. The predicted molar refractivity (Wildman–Crippen MR) is 113 cm³/mol. The number of nitrogens with zero attached hydrogens (tertiary/aromatic N) is 3. The van der Waals surface area contributed by atoms with E-state index in [2.05, 4.69) is 15.1 Å². The fraction of sp³-hybridized carbons (Fsp3) is 0.619. The van der Waals surface area contributed by atoms with E-state index in [9.17, 15) is 9.59 Å². The minimum absolute atomic E-state index is 0.0139. The molecule has 0 aromatic heterocycles. The molecule has 2 aliphatic heterocycles. The molecule has 1 unspecified atom stereocenters. The van der Waals surface area contributed by atoms with Crippen LogP contribution in [0, 0.1) is 5.92 Å². The van der Waals surface area contributed by atoms with Gasteiger partial charge in [0.2, 0.25) is 5.91 Å². The lowest BCUT2D eigenvalue weighted by molar-refractivity contribution is -0.132. The van der Waals surface area contributed by atoms with Gasteiger partial charge in [0, 0.05) is 49.9 Å². The minimum atomic E-state index is -0.0480. The standard InChI is InChI=1S/C21H30N4O2S/c1-28-18-5-2-4-17(14-18)22-21(27)24-10-3-9-23(12-13-24)19-8-11-25(20(19)26)15-16-6-7-16/h2,4-5,14,16,19H,3,6-13,15H2,1H3,(H,22,27). The molecule has 4 rings (SSSR count). The first-order valence-electron chi connectivity index (χ1n) is 10.4. The molecule has 0 radical (unpaired) electrons. The Bertz CT molecular complexity index is 724. The van der Waals surface area contributed by atoms with E-state index in [-0.39, 0.29) is 12.1 Å². The molecular weight excluding hydrogens is 372 g/mol. The molecule has 28 heavy (non-hydrogen) atoms. The summed E-state index contributed by atoms with van der Waals surface area (Å²) in [5.74, 6) is 1.05. The molecule has 3 fully saturated rings. The molecule has 2 saturated heterocycles. The summed E-state index contributed by atoms with van der Waals surface area (Å²) in [6.07, 6.45) is 6.43. The first-order chi connectivity index (χ1) is 13.6. The van der Waals surface area contributed by atoms with E-state index in [1.807, 2.05) is 35.4 Å². The Kier molecular flexibility index (Phi) is 6.11. The predicted octanol–water partition coefficient (Wildman–Crippen LogP) is 2.96. The summed E-state index contributed by atoms with van der Waals surface area (Å²) in [5, 5.41) is 3.02. The van der Waals surface area contributed by atoms with E-state index in [0.717, 1.165) is 62.1 Å². The Labute approximate surface area is 171 Å². The highest BCUT2D eigenvalue weighted by molar-refractivity contribution is 7.98. The van der Waals surface area contributed by atoms with Gasteiger partial charge in [0.15, 0.2) is 0 Å². The first-order valence-corrected chi connectivity index (χ1v) is 11.6. The minimum Gasteiger partial charge on any atom is -0.341 e. The normalized spacial score (nSPS) is 23.8. The molecule has 1 saturated carbocycles. The van der Waals surface area contributed by atoms with Crippen molar-refractivity contribution in [3.63, 3.8) is 0 Å². The van der Waals surface area contributed by atoms with Gasteiger partial charge < -0.3 is 15.1 Å². The lowest BCUT2D eigenvalue weighted by Crippen LogP contribution is -2.44. The quantitative estimate of drug-likeness (QED) is 0.770. The summed E-state index contributed by atoms with van der Waals surface area (Å²) in [6.45, 7) is 4.91. The molecule has 1 N–H and O–H groups in total. The lowest BCUT2D eigenvalue weighted by Gasteiger charge is -2.26. The summed E-state index contributed by atoms with van der Waals surface area (Å²) < 4.78 is 0. The smallest absolute Gasteiger partial charge is 0.321 e. The Morgan fingerprint density at radius 1 is 1.14 bits per heavy atom. The van der Waals surface area contributed by atoms with Crippen LogP contribution < -0.4 is 5.32 Å². The second-order valence-corrected chi connectivity index (χ2v) is 8.95. The third-order valence-corrected chi connectivity index (χ3v) is 6.75. The van der Waals surface area contributed by atoms with Gasteiger partial charge in [0.05, 0.1) is 6.04 Å². The monoisotopic (exact) mass is 402 g/mol. The number of nitrogens with one attached hydrogen (secondary N) is 1. The Morgan fingerprint density at radius 3 is 2.79 bits per heavy atom. The van der Waals surface area contributed by atoms with Gasteiger partial charge in [-0.1, -0.05) is 6.07 Å². The number of anilines is 1. The van der Waals surface area contributed by atoms with Crippen LogP contribution in [0.1, 0.15) is 25.7 Å². The third kappa shape index (κ3) is 4.63. The largest absolute Gasteiger partial charge is 0.341 e. The molecule has 6 nitrogen and oxygen atoms in total. The first kappa shape index (κ1) is 19.6. The van der Waals surface area contributed by atoms with Crippen molar-refractivity contribution in [1.82, 2.24) is 14.7 Å². The molecular formula is C21H30N4O2S. The van der Waals surface area contributed by atoms with Crippen LogP contribution in [0.4, 0.5) is 10.5 Å². The van der Waals surface area contributed by atoms with Crippen molar-refractivity contribution in [3.8, 4) is 0 Å². The molecule has 3 aliphatic rings. The average Bonchev–Trinajstić information content (AvgIpc) is 3.49. The highest BCUT2D eigenvalue weighted by Crippen LogP contribution is 2.31. The fourth-order valence-corrected chi connectivity index (χ4v) is 4.67. The van der Waals surface area contributed by atoms with Crippen molar-refractivity contribution < 1.29 is 9.59 Å². The number of likely N-dealkylation sites (tertiary alicyclic amines) is 1. The Balaban J connectivity index is 1.30. The zero-order chi connectivity index (χ0) is 19.5. The van der Waals surface area contributed by atoms with Crippen LogP contribution in [0.25, 0.3) is 0 Å². The topological polar surface area (TPSA) is 55.9 Å². The maximum absolute atomic E-state index is 12.8. The van der Waals surface area contributed by atoms with Gasteiger partial charge in [0.25, 0.3) is 0 Å². The molecule has 152 valence electrons. The molecule has 1 aromatic rings. The number of hydrogen-bond acceptors (Lipinski definition) is 4. The van der Waals surface area contributed by atoms with Crippen LogP contribution in [0.5, 0.6) is 0 Å². The van der Waals surface area contributed by atoms with Gasteiger partial charge in [0.1, 0.15) is 0 Å². The number of benzene rings is 1. The number of thioether (sulfide) groups is 1.